The van der Waals surface area contributed by atoms with Gasteiger partial charge in [0, 0.05) is 17.5 Å². The van der Waals surface area contributed by atoms with Crippen molar-refractivity contribution in [2.45, 2.75) is 25.7 Å². The Balaban J connectivity index is 2.07. The molecule has 3 heteroatoms. The van der Waals surface area contributed by atoms with Crippen LogP contribution in [0, 0.1) is 0 Å². The quantitative estimate of drug-likeness (QED) is 0.765. The Morgan fingerprint density at radius 3 is 2.76 bits per heavy atom. The van der Waals surface area contributed by atoms with Crippen molar-refractivity contribution in [3.05, 3.63) is 46.7 Å². The molecule has 1 aliphatic rings. The third-order valence-corrected chi connectivity index (χ3v) is 3.51. The molecule has 0 saturated carbocycles. The minimum atomic E-state index is 0.711. The van der Waals surface area contributed by atoms with Crippen molar-refractivity contribution in [3.8, 4) is 11.4 Å². The van der Waals surface area contributed by atoms with Gasteiger partial charge in [0.25, 0.3) is 0 Å². The highest BCUT2D eigenvalue weighted by molar-refractivity contribution is 6.33. The van der Waals surface area contributed by atoms with E-state index in [1.54, 1.807) is 0 Å². The third kappa shape index (κ3) is 2.05. The van der Waals surface area contributed by atoms with Crippen LogP contribution in [-0.2, 0) is 12.8 Å². The zero-order chi connectivity index (χ0) is 11.7. The molecular formula is C14H13ClN2. The fraction of sp³-hybridized carbons (Fsp3) is 0.286. The Labute approximate surface area is 106 Å². The van der Waals surface area contributed by atoms with Gasteiger partial charge in [-0.3, -0.25) is 0 Å². The first-order chi connectivity index (χ1) is 8.34. The summed E-state index contributed by atoms with van der Waals surface area (Å²) < 4.78 is 0. The summed E-state index contributed by atoms with van der Waals surface area (Å²) in [5, 5.41) is 0.711. The maximum Gasteiger partial charge on any atom is 0.160 e. The number of hydrogen-bond acceptors (Lipinski definition) is 2. The molecule has 0 amide bonds. The van der Waals surface area contributed by atoms with Gasteiger partial charge in [-0.15, -0.1) is 0 Å². The molecule has 86 valence electrons. The number of rotatable bonds is 1. The molecule has 1 aromatic carbocycles. The number of fused-ring (bicyclic) bond motifs is 1. The lowest BCUT2D eigenvalue weighted by molar-refractivity contribution is 0.663. The largest absolute Gasteiger partial charge is 0.236 e. The van der Waals surface area contributed by atoms with E-state index in [0.717, 1.165) is 24.2 Å². The van der Waals surface area contributed by atoms with Crippen molar-refractivity contribution in [2.75, 3.05) is 0 Å². The predicted molar refractivity (Wildman–Crippen MR) is 69.1 cm³/mol. The monoisotopic (exact) mass is 244 g/mol. The molecule has 3 rings (SSSR count). The summed E-state index contributed by atoms with van der Waals surface area (Å²) in [5.74, 6) is 0.747. The van der Waals surface area contributed by atoms with Crippen molar-refractivity contribution in [3.63, 3.8) is 0 Å². The van der Waals surface area contributed by atoms with E-state index in [1.165, 1.54) is 24.1 Å². The van der Waals surface area contributed by atoms with Crippen molar-refractivity contribution in [1.29, 1.82) is 0 Å². The SMILES string of the molecule is Clc1ccccc1-c1ncc2c(n1)CCCC2. The molecule has 2 aromatic rings. The van der Waals surface area contributed by atoms with E-state index in [0.29, 0.717) is 5.02 Å². The molecule has 0 aliphatic heterocycles. The van der Waals surface area contributed by atoms with Gasteiger partial charge in [-0.05, 0) is 43.4 Å². The maximum atomic E-state index is 6.16. The van der Waals surface area contributed by atoms with E-state index < -0.39 is 0 Å². The lowest BCUT2D eigenvalue weighted by Crippen LogP contribution is -2.07. The smallest absolute Gasteiger partial charge is 0.160 e. The van der Waals surface area contributed by atoms with E-state index >= 15 is 0 Å². The summed E-state index contributed by atoms with van der Waals surface area (Å²) in [7, 11) is 0. The van der Waals surface area contributed by atoms with Crippen LogP contribution in [0.3, 0.4) is 0 Å². The molecule has 0 fully saturated rings. The second-order valence-electron chi connectivity index (χ2n) is 4.35. The minimum Gasteiger partial charge on any atom is -0.236 e. The van der Waals surface area contributed by atoms with Crippen LogP contribution in [0.15, 0.2) is 30.5 Å². The third-order valence-electron chi connectivity index (χ3n) is 3.18. The van der Waals surface area contributed by atoms with Crippen LogP contribution >= 0.6 is 11.6 Å². The van der Waals surface area contributed by atoms with Crippen LogP contribution in [0.2, 0.25) is 5.02 Å². The Kier molecular flexibility index (Phi) is 2.81. The second-order valence-corrected chi connectivity index (χ2v) is 4.76. The standard InChI is InChI=1S/C14H13ClN2/c15-12-7-3-2-6-11(12)14-16-9-10-5-1-4-8-13(10)17-14/h2-3,6-7,9H,1,4-5,8H2. The minimum absolute atomic E-state index is 0.711. The molecule has 0 unspecified atom stereocenters. The second kappa shape index (κ2) is 4.46. The number of benzene rings is 1. The fourth-order valence-corrected chi connectivity index (χ4v) is 2.47. The fourth-order valence-electron chi connectivity index (χ4n) is 2.25. The highest BCUT2D eigenvalue weighted by atomic mass is 35.5. The molecule has 17 heavy (non-hydrogen) atoms. The van der Waals surface area contributed by atoms with Crippen molar-refractivity contribution < 1.29 is 0 Å². The summed E-state index contributed by atoms with van der Waals surface area (Å²) in [6.07, 6.45) is 6.61. The van der Waals surface area contributed by atoms with Crippen LogP contribution in [0.5, 0.6) is 0 Å². The highest BCUT2D eigenvalue weighted by Gasteiger charge is 2.13. The lowest BCUT2D eigenvalue weighted by Gasteiger charge is -2.14. The van der Waals surface area contributed by atoms with Crippen molar-refractivity contribution >= 4 is 11.6 Å². The molecule has 1 heterocycles. The average Bonchev–Trinajstić information content (AvgIpc) is 2.39. The lowest BCUT2D eigenvalue weighted by atomic mass is 9.97. The zero-order valence-electron chi connectivity index (χ0n) is 9.49. The maximum absolute atomic E-state index is 6.16. The van der Waals surface area contributed by atoms with E-state index in [2.05, 4.69) is 9.97 Å². The Morgan fingerprint density at radius 2 is 1.88 bits per heavy atom. The number of aromatic nitrogens is 2. The van der Waals surface area contributed by atoms with Gasteiger partial charge in [0.05, 0.1) is 5.02 Å². The molecule has 2 nitrogen and oxygen atoms in total. The number of aryl methyl sites for hydroxylation is 2. The number of halogens is 1. The Hall–Kier alpha value is -1.41. The van der Waals surface area contributed by atoms with Gasteiger partial charge >= 0.3 is 0 Å². The first-order valence-corrected chi connectivity index (χ1v) is 6.32. The van der Waals surface area contributed by atoms with Crippen LogP contribution in [0.25, 0.3) is 11.4 Å². The van der Waals surface area contributed by atoms with Crippen LogP contribution in [-0.4, -0.2) is 9.97 Å². The average molecular weight is 245 g/mol. The van der Waals surface area contributed by atoms with Gasteiger partial charge in [0.15, 0.2) is 5.82 Å². The molecule has 1 aliphatic carbocycles. The van der Waals surface area contributed by atoms with Gasteiger partial charge in [-0.2, -0.15) is 0 Å². The molecule has 0 radical (unpaired) electrons. The molecule has 0 N–H and O–H groups in total. The van der Waals surface area contributed by atoms with Gasteiger partial charge in [0.2, 0.25) is 0 Å². The van der Waals surface area contributed by atoms with E-state index in [1.807, 2.05) is 30.5 Å². The molecule has 0 spiro atoms. The van der Waals surface area contributed by atoms with E-state index in [9.17, 15) is 0 Å². The summed E-state index contributed by atoms with van der Waals surface area (Å²) in [6, 6.07) is 7.72. The topological polar surface area (TPSA) is 25.8 Å². The van der Waals surface area contributed by atoms with Crippen molar-refractivity contribution in [2.24, 2.45) is 0 Å². The van der Waals surface area contributed by atoms with E-state index in [-0.39, 0.29) is 0 Å². The first kappa shape index (κ1) is 10.7. The number of nitrogens with zero attached hydrogens (tertiary/aromatic N) is 2. The van der Waals surface area contributed by atoms with E-state index in [4.69, 9.17) is 11.6 Å². The molecule has 0 bridgehead atoms. The summed E-state index contributed by atoms with van der Waals surface area (Å²) in [6.45, 7) is 0. The normalized spacial score (nSPS) is 14.4. The molecule has 0 saturated heterocycles. The van der Waals surface area contributed by atoms with Crippen LogP contribution in [0.4, 0.5) is 0 Å². The van der Waals surface area contributed by atoms with Gasteiger partial charge in [-0.1, -0.05) is 23.7 Å². The zero-order valence-corrected chi connectivity index (χ0v) is 10.2. The first-order valence-electron chi connectivity index (χ1n) is 5.94. The van der Waals surface area contributed by atoms with Crippen LogP contribution in [0.1, 0.15) is 24.1 Å². The molecular weight excluding hydrogens is 232 g/mol. The summed E-state index contributed by atoms with van der Waals surface area (Å²) >= 11 is 6.16. The molecule has 1 aromatic heterocycles. The summed E-state index contributed by atoms with van der Waals surface area (Å²) in [5.41, 5.74) is 3.41. The van der Waals surface area contributed by atoms with Gasteiger partial charge in [-0.25, -0.2) is 9.97 Å². The predicted octanol–water partition coefficient (Wildman–Crippen LogP) is 3.68. The Bertz CT molecular complexity index is 552. The summed E-state index contributed by atoms with van der Waals surface area (Å²) in [4.78, 5) is 9.08. The van der Waals surface area contributed by atoms with Gasteiger partial charge in [0.1, 0.15) is 0 Å². The Morgan fingerprint density at radius 1 is 1.06 bits per heavy atom. The molecule has 0 atom stereocenters. The number of hydrogen-bond donors (Lipinski definition) is 0. The van der Waals surface area contributed by atoms with Crippen LogP contribution < -0.4 is 0 Å². The van der Waals surface area contributed by atoms with Gasteiger partial charge < -0.3 is 0 Å². The van der Waals surface area contributed by atoms with Crippen molar-refractivity contribution in [1.82, 2.24) is 9.97 Å². The highest BCUT2D eigenvalue weighted by Crippen LogP contribution is 2.26.